The molecule has 0 amide bonds. The zero-order chi connectivity index (χ0) is 15.0. The lowest BCUT2D eigenvalue weighted by molar-refractivity contribution is 0.196. The maximum Gasteiger partial charge on any atom is 0.119 e. The molecule has 1 aromatic carbocycles. The molecule has 0 unspecified atom stereocenters. The summed E-state index contributed by atoms with van der Waals surface area (Å²) in [6.07, 6.45) is 0.616. The van der Waals surface area contributed by atoms with Crippen LogP contribution in [0.4, 0.5) is 0 Å². The Morgan fingerprint density at radius 3 is 2.50 bits per heavy atom. The number of benzene rings is 1. The van der Waals surface area contributed by atoms with Crippen LogP contribution in [0.3, 0.4) is 0 Å². The summed E-state index contributed by atoms with van der Waals surface area (Å²) in [5.74, 6) is 1.71. The second-order valence-corrected chi connectivity index (χ2v) is 6.19. The third kappa shape index (κ3) is 7.50. The van der Waals surface area contributed by atoms with Gasteiger partial charge in [-0.2, -0.15) is 0 Å². The van der Waals surface area contributed by atoms with Crippen LogP contribution >= 0.6 is 15.9 Å². The van der Waals surface area contributed by atoms with Gasteiger partial charge in [-0.1, -0.05) is 29.8 Å². The second kappa shape index (κ2) is 8.97. The minimum atomic E-state index is 0.243. The van der Waals surface area contributed by atoms with Crippen molar-refractivity contribution in [1.82, 2.24) is 4.90 Å². The van der Waals surface area contributed by atoms with Gasteiger partial charge in [0.15, 0.2) is 0 Å². The molecule has 1 rings (SSSR count). The molecule has 5 heteroatoms. The minimum Gasteiger partial charge on any atom is -0.492 e. The number of nitrogens with two attached hydrogens (primary N) is 1. The number of nitrogens with one attached hydrogen (secondary N) is 1. The predicted octanol–water partition coefficient (Wildman–Crippen LogP) is 3.11. The van der Waals surface area contributed by atoms with Crippen LogP contribution in [0.15, 0.2) is 28.7 Å². The van der Waals surface area contributed by atoms with Gasteiger partial charge >= 0.3 is 0 Å². The lowest BCUT2D eigenvalue weighted by atomic mass is 10.2. The maximum atomic E-state index is 7.32. The van der Waals surface area contributed by atoms with E-state index in [1.165, 1.54) is 0 Å². The highest BCUT2D eigenvalue weighted by atomic mass is 79.9. The molecule has 1 aromatic rings. The van der Waals surface area contributed by atoms with Crippen molar-refractivity contribution in [2.75, 3.05) is 26.2 Å². The van der Waals surface area contributed by atoms with E-state index in [0.717, 1.165) is 29.9 Å². The van der Waals surface area contributed by atoms with Crippen LogP contribution in [-0.2, 0) is 0 Å². The van der Waals surface area contributed by atoms with Crippen molar-refractivity contribution in [1.29, 1.82) is 5.41 Å². The quantitative estimate of drug-likeness (QED) is 0.535. The Morgan fingerprint density at radius 1 is 1.30 bits per heavy atom. The number of rotatable bonds is 9. The molecular formula is C15H24BrN3O. The fraction of sp³-hybridized carbons (Fsp3) is 0.533. The van der Waals surface area contributed by atoms with Gasteiger partial charge in [0.2, 0.25) is 0 Å². The molecule has 3 N–H and O–H groups in total. The van der Waals surface area contributed by atoms with Crippen molar-refractivity contribution in [3.05, 3.63) is 28.7 Å². The average molecular weight is 342 g/mol. The maximum absolute atomic E-state index is 7.32. The Kier molecular flexibility index (Phi) is 7.62. The zero-order valence-electron chi connectivity index (χ0n) is 12.2. The largest absolute Gasteiger partial charge is 0.492 e. The molecule has 0 saturated heterocycles. The summed E-state index contributed by atoms with van der Waals surface area (Å²) in [7, 11) is 0. The Balaban J connectivity index is 2.36. The standard InChI is InChI=1S/C15H24BrN3O/c1-12(2)11-19(8-7-15(17)18)9-10-20-14-5-3-13(16)4-6-14/h3-6,12H,7-11H2,1-2H3,(H3,17,18). The summed E-state index contributed by atoms with van der Waals surface area (Å²) in [4.78, 5) is 2.30. The van der Waals surface area contributed by atoms with Gasteiger partial charge in [0.1, 0.15) is 12.4 Å². The number of halogens is 1. The Labute approximate surface area is 129 Å². The normalized spacial score (nSPS) is 11.1. The molecular weight excluding hydrogens is 318 g/mol. The molecule has 0 aromatic heterocycles. The number of hydrogen-bond acceptors (Lipinski definition) is 3. The first kappa shape index (κ1) is 17.0. The van der Waals surface area contributed by atoms with E-state index < -0.39 is 0 Å². The van der Waals surface area contributed by atoms with E-state index in [1.54, 1.807) is 0 Å². The van der Waals surface area contributed by atoms with Gasteiger partial charge in [-0.15, -0.1) is 0 Å². The Morgan fingerprint density at radius 2 is 1.95 bits per heavy atom. The fourth-order valence-electron chi connectivity index (χ4n) is 1.91. The molecule has 4 nitrogen and oxygen atoms in total. The lowest BCUT2D eigenvalue weighted by Crippen LogP contribution is -2.34. The first-order valence-corrected chi connectivity index (χ1v) is 7.70. The summed E-state index contributed by atoms with van der Waals surface area (Å²) in [6, 6.07) is 7.84. The first-order valence-electron chi connectivity index (χ1n) is 6.91. The van der Waals surface area contributed by atoms with Gasteiger partial charge in [-0.3, -0.25) is 10.3 Å². The summed E-state index contributed by atoms with van der Waals surface area (Å²) >= 11 is 3.40. The van der Waals surface area contributed by atoms with E-state index in [0.29, 0.717) is 18.9 Å². The molecule has 0 aliphatic carbocycles. The van der Waals surface area contributed by atoms with Crippen LogP contribution in [0.25, 0.3) is 0 Å². The summed E-state index contributed by atoms with van der Waals surface area (Å²) in [5.41, 5.74) is 5.43. The second-order valence-electron chi connectivity index (χ2n) is 5.27. The molecule has 20 heavy (non-hydrogen) atoms. The highest BCUT2D eigenvalue weighted by Crippen LogP contribution is 2.16. The third-order valence-electron chi connectivity index (χ3n) is 2.81. The average Bonchev–Trinajstić information content (AvgIpc) is 2.37. The van der Waals surface area contributed by atoms with Crippen LogP contribution in [0.2, 0.25) is 0 Å². The van der Waals surface area contributed by atoms with Gasteiger partial charge in [-0.25, -0.2) is 0 Å². The molecule has 0 radical (unpaired) electrons. The van der Waals surface area contributed by atoms with Crippen molar-refractivity contribution in [2.24, 2.45) is 11.7 Å². The molecule has 0 atom stereocenters. The summed E-state index contributed by atoms with van der Waals surface area (Å²) in [5, 5.41) is 7.32. The number of nitrogens with zero attached hydrogens (tertiary/aromatic N) is 1. The van der Waals surface area contributed by atoms with Crippen molar-refractivity contribution >= 4 is 21.8 Å². The van der Waals surface area contributed by atoms with Crippen LogP contribution in [0, 0.1) is 11.3 Å². The molecule has 0 aliphatic rings. The van der Waals surface area contributed by atoms with Crippen LogP contribution < -0.4 is 10.5 Å². The van der Waals surface area contributed by atoms with Crippen LogP contribution in [0.5, 0.6) is 5.75 Å². The monoisotopic (exact) mass is 341 g/mol. The van der Waals surface area contributed by atoms with Gasteiger partial charge < -0.3 is 10.5 Å². The van der Waals surface area contributed by atoms with Crippen molar-refractivity contribution in [3.8, 4) is 5.75 Å². The number of ether oxygens (including phenoxy) is 1. The van der Waals surface area contributed by atoms with E-state index in [9.17, 15) is 0 Å². The first-order chi connectivity index (χ1) is 9.47. The number of amidine groups is 1. The molecule has 0 fully saturated rings. The summed E-state index contributed by atoms with van der Waals surface area (Å²) < 4.78 is 6.78. The molecule has 0 spiro atoms. The zero-order valence-corrected chi connectivity index (χ0v) is 13.8. The molecule has 0 aliphatic heterocycles. The highest BCUT2D eigenvalue weighted by Gasteiger charge is 2.08. The van der Waals surface area contributed by atoms with Crippen molar-refractivity contribution in [2.45, 2.75) is 20.3 Å². The topological polar surface area (TPSA) is 62.3 Å². The van der Waals surface area contributed by atoms with Gasteiger partial charge in [-0.05, 0) is 30.2 Å². The van der Waals surface area contributed by atoms with E-state index in [1.807, 2.05) is 24.3 Å². The van der Waals surface area contributed by atoms with Crippen molar-refractivity contribution < 1.29 is 4.74 Å². The van der Waals surface area contributed by atoms with Gasteiger partial charge in [0.05, 0.1) is 5.84 Å². The van der Waals surface area contributed by atoms with Gasteiger partial charge in [0, 0.05) is 30.5 Å². The minimum absolute atomic E-state index is 0.243. The SMILES string of the molecule is CC(C)CN(CCOc1ccc(Br)cc1)CCC(=N)N. The highest BCUT2D eigenvalue weighted by molar-refractivity contribution is 9.10. The Bertz CT molecular complexity index is 406. The van der Waals surface area contributed by atoms with Gasteiger partial charge in [0.25, 0.3) is 0 Å². The van der Waals surface area contributed by atoms with E-state index in [-0.39, 0.29) is 5.84 Å². The molecule has 112 valence electrons. The molecule has 0 bridgehead atoms. The van der Waals surface area contributed by atoms with E-state index in [2.05, 4.69) is 34.7 Å². The Hall–Kier alpha value is -1.07. The van der Waals surface area contributed by atoms with E-state index >= 15 is 0 Å². The molecule has 0 saturated carbocycles. The van der Waals surface area contributed by atoms with E-state index in [4.69, 9.17) is 15.9 Å². The predicted molar refractivity (Wildman–Crippen MR) is 87.4 cm³/mol. The third-order valence-corrected chi connectivity index (χ3v) is 3.34. The smallest absolute Gasteiger partial charge is 0.119 e. The molecule has 0 heterocycles. The number of hydrogen-bond donors (Lipinski definition) is 2. The summed E-state index contributed by atoms with van der Waals surface area (Å²) in [6.45, 7) is 7.69. The van der Waals surface area contributed by atoms with Crippen molar-refractivity contribution in [3.63, 3.8) is 0 Å². The lowest BCUT2D eigenvalue weighted by Gasteiger charge is -2.24. The van der Waals surface area contributed by atoms with Crippen LogP contribution in [-0.4, -0.2) is 37.0 Å². The fourth-order valence-corrected chi connectivity index (χ4v) is 2.18. The van der Waals surface area contributed by atoms with Crippen LogP contribution in [0.1, 0.15) is 20.3 Å².